The van der Waals surface area contributed by atoms with Crippen molar-refractivity contribution in [3.05, 3.63) is 11.1 Å². The van der Waals surface area contributed by atoms with Crippen LogP contribution in [-0.4, -0.2) is 12.1 Å². The minimum atomic E-state index is -0.0991. The van der Waals surface area contributed by atoms with E-state index in [1.54, 1.807) is 6.92 Å². The van der Waals surface area contributed by atoms with Crippen LogP contribution in [-0.2, 0) is 9.53 Å². The fraction of sp³-hybridized carbons (Fsp3) is 0.864. The molecule has 0 saturated heterocycles. The Hall–Kier alpha value is -0.790. The predicted molar refractivity (Wildman–Crippen MR) is 96.5 cm³/mol. The highest BCUT2D eigenvalue weighted by atomic mass is 16.5. The molecule has 0 aromatic rings. The van der Waals surface area contributed by atoms with E-state index >= 15 is 0 Å². The molecule has 0 amide bonds. The molecule has 2 saturated carbocycles. The molecule has 2 fully saturated rings. The van der Waals surface area contributed by atoms with E-state index in [1.165, 1.54) is 44.9 Å². The zero-order valence-corrected chi connectivity index (χ0v) is 16.0. The van der Waals surface area contributed by atoms with E-state index in [9.17, 15) is 4.79 Å². The van der Waals surface area contributed by atoms with Crippen LogP contribution in [0.15, 0.2) is 11.1 Å². The van der Waals surface area contributed by atoms with E-state index in [4.69, 9.17) is 4.74 Å². The molecule has 2 heteroatoms. The van der Waals surface area contributed by atoms with Crippen molar-refractivity contribution in [1.82, 2.24) is 0 Å². The summed E-state index contributed by atoms with van der Waals surface area (Å²) in [5.41, 5.74) is 4.65. The number of hydrogen-bond donors (Lipinski definition) is 0. The fourth-order valence-electron chi connectivity index (χ4n) is 7.04. The molecule has 5 atom stereocenters. The van der Waals surface area contributed by atoms with Crippen LogP contribution in [0.4, 0.5) is 0 Å². The van der Waals surface area contributed by atoms with Crippen LogP contribution in [0.5, 0.6) is 0 Å². The molecule has 0 aromatic heterocycles. The number of ether oxygens (including phenoxy) is 1. The molecule has 0 bridgehead atoms. The van der Waals surface area contributed by atoms with Gasteiger partial charge in [-0.2, -0.15) is 0 Å². The van der Waals surface area contributed by atoms with Crippen molar-refractivity contribution in [1.29, 1.82) is 0 Å². The second-order valence-electron chi connectivity index (χ2n) is 9.93. The smallest absolute Gasteiger partial charge is 0.302 e. The molecule has 0 aromatic carbocycles. The molecule has 0 spiro atoms. The van der Waals surface area contributed by atoms with Crippen molar-refractivity contribution in [2.24, 2.45) is 28.6 Å². The Morgan fingerprint density at radius 3 is 2.58 bits per heavy atom. The lowest BCUT2D eigenvalue weighted by Crippen LogP contribution is -2.49. The summed E-state index contributed by atoms with van der Waals surface area (Å²) in [4.78, 5) is 11.3. The van der Waals surface area contributed by atoms with Gasteiger partial charge in [0, 0.05) is 6.92 Å². The highest BCUT2D eigenvalue weighted by Crippen LogP contribution is 2.63. The first-order valence-electron chi connectivity index (χ1n) is 10.2. The second kappa shape index (κ2) is 5.61. The number of rotatable bonds is 1. The van der Waals surface area contributed by atoms with Crippen LogP contribution in [0.3, 0.4) is 0 Å². The van der Waals surface area contributed by atoms with Gasteiger partial charge in [0.15, 0.2) is 0 Å². The normalized spacial score (nSPS) is 43.7. The molecule has 2 nitrogen and oxygen atoms in total. The molecule has 4 rings (SSSR count). The number of carbonyl (C=O) groups excluding carboxylic acids is 1. The minimum Gasteiger partial charge on any atom is -0.463 e. The average Bonchev–Trinajstić information content (AvgIpc) is 2.83. The first-order chi connectivity index (χ1) is 11.3. The van der Waals surface area contributed by atoms with Gasteiger partial charge in [0.25, 0.3) is 0 Å². The standard InChI is InChI=1S/C22H34O2/c1-14(23)24-16-9-12-22(4)15(13-16)5-6-17-18-10-11-21(2,3)19(18)7-8-20(17)22/h15-17,20H,5-13H2,1-4H3/t15-,16-,17+,20+,22-/m1/s1. The average molecular weight is 331 g/mol. The summed E-state index contributed by atoms with van der Waals surface area (Å²) in [7, 11) is 0. The monoisotopic (exact) mass is 330 g/mol. The maximum Gasteiger partial charge on any atom is 0.302 e. The van der Waals surface area contributed by atoms with E-state index in [-0.39, 0.29) is 12.1 Å². The van der Waals surface area contributed by atoms with Gasteiger partial charge in [-0.05, 0) is 86.4 Å². The van der Waals surface area contributed by atoms with Gasteiger partial charge in [-0.25, -0.2) is 0 Å². The zero-order chi connectivity index (χ0) is 17.1. The number of fused-ring (bicyclic) bond motifs is 4. The maximum absolute atomic E-state index is 11.3. The van der Waals surface area contributed by atoms with E-state index < -0.39 is 0 Å². The third-order valence-electron chi connectivity index (χ3n) is 8.35. The fourth-order valence-corrected chi connectivity index (χ4v) is 7.04. The van der Waals surface area contributed by atoms with Gasteiger partial charge in [-0.1, -0.05) is 31.9 Å². The molecule has 0 radical (unpaired) electrons. The Bertz CT molecular complexity index is 573. The number of hydrogen-bond acceptors (Lipinski definition) is 2. The molecule has 0 aliphatic heterocycles. The first kappa shape index (κ1) is 16.7. The topological polar surface area (TPSA) is 26.3 Å². The Kier molecular flexibility index (Phi) is 3.89. The highest BCUT2D eigenvalue weighted by molar-refractivity contribution is 5.66. The van der Waals surface area contributed by atoms with Crippen molar-refractivity contribution < 1.29 is 9.53 Å². The Morgan fingerprint density at radius 2 is 1.83 bits per heavy atom. The van der Waals surface area contributed by atoms with Crippen LogP contribution in [0, 0.1) is 28.6 Å². The summed E-state index contributed by atoms with van der Waals surface area (Å²) < 4.78 is 5.57. The quantitative estimate of drug-likeness (QED) is 0.458. The van der Waals surface area contributed by atoms with Gasteiger partial charge in [-0.15, -0.1) is 0 Å². The van der Waals surface area contributed by atoms with Crippen molar-refractivity contribution in [3.63, 3.8) is 0 Å². The number of esters is 1. The Labute approximate surface area is 147 Å². The second-order valence-corrected chi connectivity index (χ2v) is 9.93. The Balaban J connectivity index is 1.56. The van der Waals surface area contributed by atoms with Gasteiger partial charge < -0.3 is 4.74 Å². The van der Waals surface area contributed by atoms with Crippen molar-refractivity contribution in [2.75, 3.05) is 0 Å². The van der Waals surface area contributed by atoms with Crippen LogP contribution in [0.1, 0.15) is 85.5 Å². The lowest BCUT2D eigenvalue weighted by atomic mass is 9.49. The summed E-state index contributed by atoms with van der Waals surface area (Å²) in [6, 6.07) is 0. The predicted octanol–water partition coefficient (Wildman–Crippen LogP) is 5.66. The van der Waals surface area contributed by atoms with E-state index in [0.29, 0.717) is 10.8 Å². The van der Waals surface area contributed by atoms with Crippen molar-refractivity contribution in [3.8, 4) is 0 Å². The first-order valence-corrected chi connectivity index (χ1v) is 10.2. The van der Waals surface area contributed by atoms with Crippen LogP contribution in [0.25, 0.3) is 0 Å². The van der Waals surface area contributed by atoms with Gasteiger partial charge in [-0.3, -0.25) is 4.79 Å². The van der Waals surface area contributed by atoms with Gasteiger partial charge in [0.05, 0.1) is 0 Å². The Morgan fingerprint density at radius 1 is 1.04 bits per heavy atom. The van der Waals surface area contributed by atoms with E-state index in [1.807, 2.05) is 11.1 Å². The van der Waals surface area contributed by atoms with Gasteiger partial charge in [0.2, 0.25) is 0 Å². The number of allylic oxidation sites excluding steroid dienone is 2. The summed E-state index contributed by atoms with van der Waals surface area (Å²) in [6.45, 7) is 9.06. The minimum absolute atomic E-state index is 0.0991. The van der Waals surface area contributed by atoms with Crippen LogP contribution in [0.2, 0.25) is 0 Å². The summed E-state index contributed by atoms with van der Waals surface area (Å²) in [5, 5.41) is 0. The molecule has 0 unspecified atom stereocenters. The number of carbonyl (C=O) groups is 1. The van der Waals surface area contributed by atoms with E-state index in [0.717, 1.165) is 30.6 Å². The van der Waals surface area contributed by atoms with Crippen molar-refractivity contribution >= 4 is 5.97 Å². The molecule has 24 heavy (non-hydrogen) atoms. The molecular formula is C22H34O2. The van der Waals surface area contributed by atoms with Gasteiger partial charge >= 0.3 is 5.97 Å². The third kappa shape index (κ3) is 2.47. The molecular weight excluding hydrogens is 296 g/mol. The van der Waals surface area contributed by atoms with Crippen LogP contribution >= 0.6 is 0 Å². The molecule has 134 valence electrons. The van der Waals surface area contributed by atoms with Gasteiger partial charge in [0.1, 0.15) is 6.10 Å². The maximum atomic E-state index is 11.3. The molecule has 0 heterocycles. The third-order valence-corrected chi connectivity index (χ3v) is 8.35. The molecule has 4 aliphatic rings. The van der Waals surface area contributed by atoms with E-state index in [2.05, 4.69) is 20.8 Å². The SMILES string of the molecule is CC(=O)O[C@@H]1CC[C@]2(C)[C@H](CC[C@H]3C4=C(CC[C@@H]32)C(C)(C)CC4)C1. The summed E-state index contributed by atoms with van der Waals surface area (Å²) >= 11 is 0. The molecule has 4 aliphatic carbocycles. The lowest BCUT2D eigenvalue weighted by molar-refractivity contribution is -0.154. The lowest BCUT2D eigenvalue weighted by Gasteiger charge is -2.57. The summed E-state index contributed by atoms with van der Waals surface area (Å²) in [6.07, 6.45) is 11.8. The largest absolute Gasteiger partial charge is 0.463 e. The zero-order valence-electron chi connectivity index (χ0n) is 16.0. The van der Waals surface area contributed by atoms with Crippen molar-refractivity contribution in [2.45, 2.75) is 91.6 Å². The molecule has 0 N–H and O–H groups in total. The highest BCUT2D eigenvalue weighted by Gasteiger charge is 2.54. The van der Waals surface area contributed by atoms with Crippen LogP contribution < -0.4 is 0 Å². The summed E-state index contributed by atoms with van der Waals surface area (Å²) in [5.74, 6) is 2.40.